The van der Waals surface area contributed by atoms with E-state index in [4.69, 9.17) is 4.74 Å². The monoisotopic (exact) mass is 324 g/mol. The Kier molecular flexibility index (Phi) is 6.62. The third-order valence-corrected chi connectivity index (χ3v) is 4.72. The Bertz CT molecular complexity index is 430. The maximum atomic E-state index is 12.8. The number of aromatic nitrogens is 1. The molecule has 3 nitrogen and oxygen atoms in total. The van der Waals surface area contributed by atoms with Gasteiger partial charge >= 0.3 is 6.18 Å². The van der Waals surface area contributed by atoms with Gasteiger partial charge in [0.05, 0.1) is 11.6 Å². The van der Waals surface area contributed by atoms with Crippen LogP contribution in [-0.4, -0.2) is 23.7 Å². The minimum atomic E-state index is -4.40. The lowest BCUT2D eigenvalue weighted by Gasteiger charge is -2.39. The maximum absolute atomic E-state index is 12.8. The van der Waals surface area contributed by atoms with Gasteiger partial charge in [0, 0.05) is 17.7 Å². The lowest BCUT2D eigenvalue weighted by Crippen LogP contribution is -2.45. The number of hydrogen-bond donors (Lipinski definition) is 1. The number of thiazole rings is 1. The van der Waals surface area contributed by atoms with Gasteiger partial charge in [0.25, 0.3) is 0 Å². The predicted octanol–water partition coefficient (Wildman–Crippen LogP) is 4.41. The molecule has 0 aliphatic heterocycles. The van der Waals surface area contributed by atoms with Gasteiger partial charge in [-0.15, -0.1) is 11.3 Å². The third-order valence-electron chi connectivity index (χ3n) is 3.61. The summed E-state index contributed by atoms with van der Waals surface area (Å²) in [5.74, 6) is 0. The highest BCUT2D eigenvalue weighted by Gasteiger charge is 2.41. The molecule has 0 fully saturated rings. The summed E-state index contributed by atoms with van der Waals surface area (Å²) in [5, 5.41) is 2.46. The molecule has 1 N–H and O–H groups in total. The van der Waals surface area contributed by atoms with Crippen LogP contribution < -0.4 is 5.32 Å². The predicted molar refractivity (Wildman–Crippen MR) is 78.5 cm³/mol. The van der Waals surface area contributed by atoms with E-state index >= 15 is 0 Å². The lowest BCUT2D eigenvalue weighted by molar-refractivity contribution is -0.137. The lowest BCUT2D eigenvalue weighted by atomic mass is 9.87. The summed E-state index contributed by atoms with van der Waals surface area (Å²) in [6.45, 7) is 9.00. The van der Waals surface area contributed by atoms with Crippen molar-refractivity contribution >= 4 is 11.3 Å². The van der Waals surface area contributed by atoms with Crippen LogP contribution in [0, 0.1) is 0 Å². The van der Waals surface area contributed by atoms with E-state index in [1.54, 1.807) is 0 Å². The van der Waals surface area contributed by atoms with Crippen molar-refractivity contribution in [3.63, 3.8) is 0 Å². The van der Waals surface area contributed by atoms with Gasteiger partial charge in [-0.25, -0.2) is 4.98 Å². The van der Waals surface area contributed by atoms with E-state index in [-0.39, 0.29) is 6.04 Å². The second kappa shape index (κ2) is 7.56. The zero-order chi connectivity index (χ0) is 16.1. The largest absolute Gasteiger partial charge is 0.443 e. The van der Waals surface area contributed by atoms with Crippen molar-refractivity contribution in [3.8, 4) is 0 Å². The first-order chi connectivity index (χ1) is 9.84. The molecule has 0 amide bonds. The van der Waals surface area contributed by atoms with Crippen LogP contribution in [0.2, 0.25) is 0 Å². The van der Waals surface area contributed by atoms with Crippen molar-refractivity contribution in [1.82, 2.24) is 10.3 Å². The fraction of sp³-hybridized carbons (Fsp3) is 0.786. The molecular formula is C14H23F3N2OS. The van der Waals surface area contributed by atoms with Crippen LogP contribution in [0.25, 0.3) is 0 Å². The fourth-order valence-electron chi connectivity index (χ4n) is 2.53. The van der Waals surface area contributed by atoms with Gasteiger partial charge in [0.2, 0.25) is 0 Å². The van der Waals surface area contributed by atoms with E-state index in [0.29, 0.717) is 42.2 Å². The smallest absolute Gasteiger partial charge is 0.373 e. The van der Waals surface area contributed by atoms with Crippen LogP contribution in [0.3, 0.4) is 0 Å². The van der Waals surface area contributed by atoms with Crippen LogP contribution in [0.4, 0.5) is 13.2 Å². The average molecular weight is 324 g/mol. The van der Waals surface area contributed by atoms with Gasteiger partial charge < -0.3 is 10.1 Å². The maximum Gasteiger partial charge on any atom is 0.443 e. The number of likely N-dealkylation sites (N-methyl/N-ethyl adjacent to an activating group) is 1. The molecule has 0 aliphatic carbocycles. The van der Waals surface area contributed by atoms with E-state index < -0.39 is 16.8 Å². The highest BCUT2D eigenvalue weighted by Crippen LogP contribution is 2.40. The molecule has 1 heterocycles. The van der Waals surface area contributed by atoms with Crippen molar-refractivity contribution in [2.45, 2.75) is 58.4 Å². The zero-order valence-corrected chi connectivity index (χ0v) is 13.7. The molecule has 1 rings (SSSR count). The number of ether oxygens (including phenoxy) is 1. The molecule has 0 bridgehead atoms. The first-order valence-electron chi connectivity index (χ1n) is 7.24. The second-order valence-corrected chi connectivity index (χ2v) is 5.82. The minimum absolute atomic E-state index is 0.286. The number of nitrogens with zero attached hydrogens (tertiary/aromatic N) is 1. The molecular weight excluding hydrogens is 301 g/mol. The standard InChI is InChI=1S/C14H23F3N2OS/c1-5-13(6-2,20-8-4)11(18-7-3)10-9-19-12(21-10)14(15,16)17/h9,11,18H,5-8H2,1-4H3. The molecule has 7 heteroatoms. The summed E-state index contributed by atoms with van der Waals surface area (Å²) in [4.78, 5) is 4.10. The quantitative estimate of drug-likeness (QED) is 0.769. The number of nitrogens with one attached hydrogen (secondary N) is 1. The molecule has 1 aromatic rings. The van der Waals surface area contributed by atoms with Crippen molar-refractivity contribution in [3.05, 3.63) is 16.1 Å². The van der Waals surface area contributed by atoms with Crippen LogP contribution in [0.1, 0.15) is 56.5 Å². The van der Waals surface area contributed by atoms with Gasteiger partial charge in [-0.2, -0.15) is 13.2 Å². The Morgan fingerprint density at radius 1 is 1.24 bits per heavy atom. The summed E-state index contributed by atoms with van der Waals surface area (Å²) in [6, 6.07) is -0.286. The molecule has 21 heavy (non-hydrogen) atoms. The summed E-state index contributed by atoms with van der Waals surface area (Å²) in [5.41, 5.74) is -0.514. The van der Waals surface area contributed by atoms with Gasteiger partial charge in [-0.1, -0.05) is 20.8 Å². The van der Waals surface area contributed by atoms with Crippen molar-refractivity contribution in [1.29, 1.82) is 0 Å². The van der Waals surface area contributed by atoms with Crippen molar-refractivity contribution in [2.75, 3.05) is 13.2 Å². The molecule has 0 aromatic carbocycles. The highest BCUT2D eigenvalue weighted by molar-refractivity contribution is 7.11. The molecule has 1 unspecified atom stereocenters. The number of alkyl halides is 3. The summed E-state index contributed by atoms with van der Waals surface area (Å²) in [7, 11) is 0. The van der Waals surface area contributed by atoms with Gasteiger partial charge in [-0.05, 0) is 26.3 Å². The number of hydrogen-bond acceptors (Lipinski definition) is 4. The molecule has 122 valence electrons. The van der Waals surface area contributed by atoms with Gasteiger partial charge in [-0.3, -0.25) is 0 Å². The molecule has 0 spiro atoms. The first kappa shape index (κ1) is 18.4. The number of rotatable bonds is 8. The summed E-state index contributed by atoms with van der Waals surface area (Å²) < 4.78 is 44.2. The molecule has 0 aliphatic rings. The van der Waals surface area contributed by atoms with Gasteiger partial charge in [0.15, 0.2) is 5.01 Å². The Morgan fingerprint density at radius 2 is 1.86 bits per heavy atom. The molecule has 0 saturated heterocycles. The molecule has 1 atom stereocenters. The van der Waals surface area contributed by atoms with E-state index in [9.17, 15) is 13.2 Å². The van der Waals surface area contributed by atoms with Crippen LogP contribution in [0.15, 0.2) is 6.20 Å². The minimum Gasteiger partial charge on any atom is -0.373 e. The van der Waals surface area contributed by atoms with Crippen LogP contribution in [0.5, 0.6) is 0 Å². The van der Waals surface area contributed by atoms with Crippen LogP contribution >= 0.6 is 11.3 Å². The topological polar surface area (TPSA) is 34.2 Å². The normalized spacial score (nSPS) is 14.4. The molecule has 0 saturated carbocycles. The van der Waals surface area contributed by atoms with E-state index in [0.717, 1.165) is 0 Å². The van der Waals surface area contributed by atoms with Crippen LogP contribution in [-0.2, 0) is 10.9 Å². The van der Waals surface area contributed by atoms with Crippen molar-refractivity contribution in [2.24, 2.45) is 0 Å². The summed E-state index contributed by atoms with van der Waals surface area (Å²) >= 11 is 0.693. The summed E-state index contributed by atoms with van der Waals surface area (Å²) in [6.07, 6.45) is -1.64. The van der Waals surface area contributed by atoms with E-state index in [2.05, 4.69) is 10.3 Å². The van der Waals surface area contributed by atoms with Gasteiger partial charge in [0.1, 0.15) is 0 Å². The third kappa shape index (κ3) is 4.17. The molecule has 1 aromatic heterocycles. The zero-order valence-electron chi connectivity index (χ0n) is 12.9. The Hall–Kier alpha value is -0.660. The Morgan fingerprint density at radius 3 is 2.24 bits per heavy atom. The van der Waals surface area contributed by atoms with E-state index in [1.165, 1.54) is 6.20 Å². The van der Waals surface area contributed by atoms with E-state index in [1.807, 2.05) is 27.7 Å². The average Bonchev–Trinajstić information content (AvgIpc) is 2.92. The highest BCUT2D eigenvalue weighted by atomic mass is 32.1. The first-order valence-corrected chi connectivity index (χ1v) is 8.06. The Balaban J connectivity index is 3.18. The SMILES string of the molecule is CCNC(c1cnc(C(F)(F)F)s1)C(CC)(CC)OCC. The number of halogens is 3. The fourth-order valence-corrected chi connectivity index (χ4v) is 3.50. The van der Waals surface area contributed by atoms with Crippen molar-refractivity contribution < 1.29 is 17.9 Å². The second-order valence-electron chi connectivity index (χ2n) is 4.76. The Labute approximate surface area is 127 Å². The molecule has 0 radical (unpaired) electrons.